The van der Waals surface area contributed by atoms with Gasteiger partial charge in [-0.15, -0.1) is 0 Å². The van der Waals surface area contributed by atoms with Crippen LogP contribution in [0.25, 0.3) is 21.8 Å². The van der Waals surface area contributed by atoms with E-state index in [-0.39, 0.29) is 12.1 Å². The van der Waals surface area contributed by atoms with E-state index in [4.69, 9.17) is 9.72 Å². The summed E-state index contributed by atoms with van der Waals surface area (Å²) in [6, 6.07) is 10.5. The quantitative estimate of drug-likeness (QED) is 0.550. The maximum Gasteiger partial charge on any atom is 0.410 e. The molecule has 148 valence electrons. The minimum atomic E-state index is -0.520. The molecule has 1 aliphatic carbocycles. The lowest BCUT2D eigenvalue weighted by Crippen LogP contribution is -2.39. The molecule has 1 saturated carbocycles. The minimum absolute atomic E-state index is 0.191. The highest BCUT2D eigenvalue weighted by Gasteiger charge is 2.50. The van der Waals surface area contributed by atoms with Crippen molar-refractivity contribution >= 4 is 43.8 Å². The zero-order valence-electron chi connectivity index (χ0n) is 16.9. The molecule has 6 heteroatoms. The van der Waals surface area contributed by atoms with Crippen LogP contribution in [0.3, 0.4) is 0 Å². The molecule has 3 atom stereocenters. The van der Waals surface area contributed by atoms with Crippen LogP contribution in [0.2, 0.25) is 0 Å². The molecule has 3 aromatic rings. The van der Waals surface area contributed by atoms with Crippen molar-refractivity contribution in [3.05, 3.63) is 40.6 Å². The van der Waals surface area contributed by atoms with Gasteiger partial charge in [0, 0.05) is 15.9 Å². The molecule has 1 aromatic heterocycles. The number of carbonyl (C=O) groups is 1. The number of fused-ring (bicyclic) bond motifs is 3. The predicted octanol–water partition coefficient (Wildman–Crippen LogP) is 5.87. The number of H-pyrrole nitrogens is 1. The third-order valence-electron chi connectivity index (χ3n) is 5.55. The van der Waals surface area contributed by atoms with E-state index in [1.807, 2.05) is 37.8 Å². The first-order valence-corrected chi connectivity index (χ1v) is 10.5. The summed E-state index contributed by atoms with van der Waals surface area (Å²) in [5.74, 6) is 1.72. The normalized spacial score (nSPS) is 21.9. The number of amides is 1. The van der Waals surface area contributed by atoms with Crippen LogP contribution >= 0.6 is 15.9 Å². The van der Waals surface area contributed by atoms with Crippen LogP contribution in [0.5, 0.6) is 0 Å². The van der Waals surface area contributed by atoms with Crippen molar-refractivity contribution in [3.8, 4) is 0 Å². The van der Waals surface area contributed by atoms with Gasteiger partial charge in [-0.05, 0) is 56.2 Å². The summed E-state index contributed by atoms with van der Waals surface area (Å²) in [5.41, 5.74) is 1.39. The fraction of sp³-hybridized carbons (Fsp3) is 0.455. The van der Waals surface area contributed by atoms with Gasteiger partial charge in [-0.1, -0.05) is 41.9 Å². The molecule has 1 aliphatic rings. The fourth-order valence-corrected chi connectivity index (χ4v) is 4.26. The summed E-state index contributed by atoms with van der Waals surface area (Å²) in [6.07, 6.45) is -0.275. The first-order chi connectivity index (χ1) is 13.1. The Hall–Kier alpha value is -2.08. The first kappa shape index (κ1) is 19.2. The smallest absolute Gasteiger partial charge is 0.410 e. The molecule has 0 spiro atoms. The van der Waals surface area contributed by atoms with E-state index < -0.39 is 5.60 Å². The lowest BCUT2D eigenvalue weighted by atomic mass is 10.1. The van der Waals surface area contributed by atoms with Crippen molar-refractivity contribution in [2.45, 2.75) is 52.8 Å². The van der Waals surface area contributed by atoms with E-state index in [2.05, 4.69) is 53.0 Å². The highest BCUT2D eigenvalue weighted by Crippen LogP contribution is 2.43. The molecule has 2 aromatic carbocycles. The molecule has 0 radical (unpaired) electrons. The lowest BCUT2D eigenvalue weighted by Gasteiger charge is -2.27. The maximum absolute atomic E-state index is 12.9. The molecule has 2 unspecified atom stereocenters. The monoisotopic (exact) mass is 443 g/mol. The molecule has 5 nitrogen and oxygen atoms in total. The predicted molar refractivity (Wildman–Crippen MR) is 115 cm³/mol. The number of nitrogens with zero attached hydrogens (tertiary/aromatic N) is 2. The molecule has 1 amide bonds. The summed E-state index contributed by atoms with van der Waals surface area (Å²) in [4.78, 5) is 22.9. The van der Waals surface area contributed by atoms with E-state index in [0.717, 1.165) is 32.1 Å². The average Bonchev–Trinajstić information content (AvgIpc) is 3.01. The van der Waals surface area contributed by atoms with Gasteiger partial charge in [0.1, 0.15) is 11.4 Å². The van der Waals surface area contributed by atoms with Gasteiger partial charge in [0.25, 0.3) is 0 Å². The van der Waals surface area contributed by atoms with Gasteiger partial charge in [-0.3, -0.25) is 4.90 Å². The second kappa shape index (κ2) is 6.76. The second-order valence-electron chi connectivity index (χ2n) is 8.83. The largest absolute Gasteiger partial charge is 0.444 e. The number of nitrogens with one attached hydrogen (secondary N) is 1. The Labute approximate surface area is 173 Å². The van der Waals surface area contributed by atoms with Crippen LogP contribution in [0.1, 0.15) is 40.4 Å². The zero-order chi connectivity index (χ0) is 20.2. The number of benzene rings is 2. The highest BCUT2D eigenvalue weighted by atomic mass is 79.9. The molecular weight excluding hydrogens is 418 g/mol. The van der Waals surface area contributed by atoms with Crippen LogP contribution in [0.15, 0.2) is 34.8 Å². The van der Waals surface area contributed by atoms with Crippen molar-refractivity contribution in [2.24, 2.45) is 11.8 Å². The summed E-state index contributed by atoms with van der Waals surface area (Å²) in [6.45, 7) is 10.5. The van der Waals surface area contributed by atoms with E-state index in [1.54, 1.807) is 0 Å². The van der Waals surface area contributed by atoms with Crippen LogP contribution in [-0.4, -0.2) is 32.6 Å². The van der Waals surface area contributed by atoms with Gasteiger partial charge in [0.05, 0.1) is 17.6 Å². The Bertz CT molecular complexity index is 1050. The lowest BCUT2D eigenvalue weighted by molar-refractivity contribution is 0.0195. The van der Waals surface area contributed by atoms with Gasteiger partial charge >= 0.3 is 6.09 Å². The molecule has 1 heterocycles. The van der Waals surface area contributed by atoms with Crippen LogP contribution < -0.4 is 0 Å². The van der Waals surface area contributed by atoms with Crippen molar-refractivity contribution in [3.63, 3.8) is 0 Å². The maximum atomic E-state index is 12.9. The van der Waals surface area contributed by atoms with Crippen molar-refractivity contribution < 1.29 is 9.53 Å². The van der Waals surface area contributed by atoms with Crippen molar-refractivity contribution in [1.82, 2.24) is 14.9 Å². The van der Waals surface area contributed by atoms with Gasteiger partial charge < -0.3 is 9.72 Å². The summed E-state index contributed by atoms with van der Waals surface area (Å²) in [5, 5.41) is 2.23. The number of imidazole rings is 1. The Morgan fingerprint density at radius 2 is 1.93 bits per heavy atom. The average molecular weight is 444 g/mol. The van der Waals surface area contributed by atoms with Crippen molar-refractivity contribution in [1.29, 1.82) is 0 Å². The number of halogens is 1. The van der Waals surface area contributed by atoms with Gasteiger partial charge in [0.2, 0.25) is 0 Å². The summed E-state index contributed by atoms with van der Waals surface area (Å²) < 4.78 is 6.71. The molecule has 0 aliphatic heterocycles. The number of hydrogen-bond acceptors (Lipinski definition) is 3. The first-order valence-electron chi connectivity index (χ1n) is 9.70. The Morgan fingerprint density at radius 1 is 1.21 bits per heavy atom. The number of ether oxygens (including phenoxy) is 1. The summed E-state index contributed by atoms with van der Waals surface area (Å²) >= 11 is 3.52. The molecule has 4 rings (SSSR count). The van der Waals surface area contributed by atoms with Crippen LogP contribution in [0.4, 0.5) is 4.79 Å². The third-order valence-corrected chi connectivity index (χ3v) is 6.05. The standard InChI is InChI=1S/C22H26BrN3O2/c1-12-13(2)20(12)26(21(27)28-22(3,4)5)11-18-24-17-9-6-14-10-15(23)7-8-16(14)19(17)25-18/h6-10,12-13,20H,11H2,1-5H3,(H,24,25)/t12-,13?,20?/m1/s1. The number of carbonyl (C=O) groups excluding carboxylic acids is 1. The Balaban J connectivity index is 1.67. The molecular formula is C22H26BrN3O2. The summed E-state index contributed by atoms with van der Waals surface area (Å²) in [7, 11) is 0. The molecule has 0 saturated heterocycles. The van der Waals surface area contributed by atoms with Crippen LogP contribution in [0, 0.1) is 11.8 Å². The SMILES string of the molecule is CC1C(N(Cc2nc3c(ccc4cc(Br)ccc43)[nH]2)C(=O)OC(C)(C)C)[C@@H]1C. The number of aromatic amines is 1. The van der Waals surface area contributed by atoms with Gasteiger partial charge in [-0.2, -0.15) is 0 Å². The van der Waals surface area contributed by atoms with Crippen LogP contribution in [-0.2, 0) is 11.3 Å². The molecule has 1 fully saturated rings. The van der Waals surface area contributed by atoms with E-state index in [1.165, 1.54) is 0 Å². The molecule has 1 N–H and O–H groups in total. The number of aromatic nitrogens is 2. The van der Waals surface area contributed by atoms with E-state index in [0.29, 0.717) is 18.4 Å². The highest BCUT2D eigenvalue weighted by molar-refractivity contribution is 9.10. The van der Waals surface area contributed by atoms with Gasteiger partial charge in [0.15, 0.2) is 0 Å². The van der Waals surface area contributed by atoms with E-state index in [9.17, 15) is 4.79 Å². The minimum Gasteiger partial charge on any atom is -0.444 e. The Kier molecular flexibility index (Phi) is 4.65. The second-order valence-corrected chi connectivity index (χ2v) is 9.74. The zero-order valence-corrected chi connectivity index (χ0v) is 18.5. The fourth-order valence-electron chi connectivity index (χ4n) is 3.88. The van der Waals surface area contributed by atoms with Crippen molar-refractivity contribution in [2.75, 3.05) is 0 Å². The number of hydrogen-bond donors (Lipinski definition) is 1. The number of rotatable bonds is 3. The van der Waals surface area contributed by atoms with E-state index >= 15 is 0 Å². The topological polar surface area (TPSA) is 58.2 Å². The Morgan fingerprint density at radius 3 is 2.57 bits per heavy atom. The molecule has 28 heavy (non-hydrogen) atoms. The molecule has 0 bridgehead atoms. The van der Waals surface area contributed by atoms with Gasteiger partial charge in [-0.25, -0.2) is 9.78 Å². The third kappa shape index (κ3) is 3.62.